The molecule has 3 N–H and O–H groups in total. The predicted molar refractivity (Wildman–Crippen MR) is 123 cm³/mol. The summed E-state index contributed by atoms with van der Waals surface area (Å²) < 4.78 is 7.16. The topological polar surface area (TPSA) is 92.8 Å². The van der Waals surface area contributed by atoms with Gasteiger partial charge in [-0.2, -0.15) is 0 Å². The third-order valence-electron chi connectivity index (χ3n) is 5.49. The Balaban J connectivity index is 1.21. The molecular formula is C24H27N5O3. The standard InChI is InChI=1S/C24H27N5O3/c25-23(30)19-9-11-29(18-19)21-7-4-8-22(17-21)32-24(31)26-10-12-27-13-15-28(16-14-27)20-5-2-1-3-6-20/h1-9,11,17-18H,10,12-16H2,(H2,25,30)(H,26,31). The van der Waals surface area contributed by atoms with Crippen molar-refractivity contribution >= 4 is 17.7 Å². The number of carbonyl (C=O) groups is 2. The number of carbonyl (C=O) groups excluding carboxylic acids is 2. The lowest BCUT2D eigenvalue weighted by Crippen LogP contribution is -2.48. The van der Waals surface area contributed by atoms with Crippen LogP contribution in [0.4, 0.5) is 10.5 Å². The molecule has 2 aromatic carbocycles. The van der Waals surface area contributed by atoms with E-state index < -0.39 is 12.0 Å². The second-order valence-corrected chi connectivity index (χ2v) is 7.65. The summed E-state index contributed by atoms with van der Waals surface area (Å²) in [5.74, 6) is -0.0668. The minimum Gasteiger partial charge on any atom is -0.410 e. The molecule has 0 unspecified atom stereocenters. The smallest absolute Gasteiger partial charge is 0.410 e. The summed E-state index contributed by atoms with van der Waals surface area (Å²) in [6.07, 6.45) is 2.88. The Morgan fingerprint density at radius 2 is 1.69 bits per heavy atom. The molecule has 8 heteroatoms. The van der Waals surface area contributed by atoms with E-state index in [0.717, 1.165) is 38.4 Å². The Kier molecular flexibility index (Phi) is 6.72. The minimum atomic E-state index is -0.490. The van der Waals surface area contributed by atoms with Crippen LogP contribution < -0.4 is 20.7 Å². The van der Waals surface area contributed by atoms with Gasteiger partial charge in [-0.15, -0.1) is 0 Å². The van der Waals surface area contributed by atoms with Crippen molar-refractivity contribution < 1.29 is 14.3 Å². The van der Waals surface area contributed by atoms with Gasteiger partial charge in [-0.1, -0.05) is 24.3 Å². The molecule has 1 saturated heterocycles. The van der Waals surface area contributed by atoms with E-state index >= 15 is 0 Å². The van der Waals surface area contributed by atoms with Crippen molar-refractivity contribution in [2.24, 2.45) is 5.73 Å². The number of para-hydroxylation sites is 1. The number of hydrogen-bond acceptors (Lipinski definition) is 5. The van der Waals surface area contributed by atoms with E-state index in [-0.39, 0.29) is 0 Å². The number of nitrogens with two attached hydrogens (primary N) is 1. The Bertz CT molecular complexity index is 1060. The highest BCUT2D eigenvalue weighted by molar-refractivity contribution is 5.92. The van der Waals surface area contributed by atoms with Crippen LogP contribution in [0.1, 0.15) is 10.4 Å². The van der Waals surface area contributed by atoms with Crippen molar-refractivity contribution in [3.8, 4) is 11.4 Å². The maximum atomic E-state index is 12.2. The lowest BCUT2D eigenvalue weighted by Gasteiger charge is -2.36. The summed E-state index contributed by atoms with van der Waals surface area (Å²) in [5, 5.41) is 2.82. The second-order valence-electron chi connectivity index (χ2n) is 7.65. The Hall–Kier alpha value is -3.78. The van der Waals surface area contributed by atoms with Crippen LogP contribution >= 0.6 is 0 Å². The van der Waals surface area contributed by atoms with E-state index in [4.69, 9.17) is 10.5 Å². The number of ether oxygens (including phenoxy) is 1. The Labute approximate surface area is 187 Å². The SMILES string of the molecule is NC(=O)c1ccn(-c2cccc(OC(=O)NCCN3CCN(c4ccccc4)CC3)c2)c1. The number of benzene rings is 2. The van der Waals surface area contributed by atoms with Crippen LogP contribution in [-0.4, -0.2) is 60.7 Å². The second kappa shape index (κ2) is 10.0. The number of amides is 2. The van der Waals surface area contributed by atoms with Crippen LogP contribution in [0, 0.1) is 0 Å². The summed E-state index contributed by atoms with van der Waals surface area (Å²) in [6, 6.07) is 19.1. The minimum absolute atomic E-state index is 0.415. The molecule has 0 saturated carbocycles. The highest BCUT2D eigenvalue weighted by Crippen LogP contribution is 2.18. The molecule has 32 heavy (non-hydrogen) atoms. The first kappa shape index (κ1) is 21.5. The number of anilines is 1. The zero-order valence-electron chi connectivity index (χ0n) is 17.8. The first-order valence-electron chi connectivity index (χ1n) is 10.6. The largest absolute Gasteiger partial charge is 0.412 e. The van der Waals surface area contributed by atoms with E-state index in [9.17, 15) is 9.59 Å². The van der Waals surface area contributed by atoms with Gasteiger partial charge in [0.2, 0.25) is 5.91 Å². The number of rotatable bonds is 7. The van der Waals surface area contributed by atoms with Crippen LogP contribution in [-0.2, 0) is 0 Å². The summed E-state index contributed by atoms with van der Waals surface area (Å²) in [6.45, 7) is 5.15. The van der Waals surface area contributed by atoms with Gasteiger partial charge in [0, 0.05) is 69.1 Å². The van der Waals surface area contributed by atoms with Gasteiger partial charge in [0.25, 0.3) is 0 Å². The molecule has 0 spiro atoms. The van der Waals surface area contributed by atoms with Crippen LogP contribution in [0.2, 0.25) is 0 Å². The predicted octanol–water partition coefficient (Wildman–Crippen LogP) is 2.49. The Morgan fingerprint density at radius 3 is 2.41 bits per heavy atom. The summed E-state index contributed by atoms with van der Waals surface area (Å²) in [5.41, 5.74) is 7.73. The zero-order chi connectivity index (χ0) is 22.3. The Morgan fingerprint density at radius 1 is 0.938 bits per heavy atom. The monoisotopic (exact) mass is 433 g/mol. The van der Waals surface area contributed by atoms with Crippen LogP contribution in [0.5, 0.6) is 5.75 Å². The molecule has 3 aromatic rings. The number of aromatic nitrogens is 1. The van der Waals surface area contributed by atoms with E-state index in [1.165, 1.54) is 5.69 Å². The van der Waals surface area contributed by atoms with Gasteiger partial charge in [0.1, 0.15) is 5.75 Å². The first-order valence-corrected chi connectivity index (χ1v) is 10.6. The molecule has 0 atom stereocenters. The molecule has 2 amide bonds. The third kappa shape index (κ3) is 5.47. The van der Waals surface area contributed by atoms with Gasteiger partial charge >= 0.3 is 6.09 Å². The number of nitrogens with zero attached hydrogens (tertiary/aromatic N) is 3. The normalized spacial score (nSPS) is 14.2. The maximum absolute atomic E-state index is 12.2. The molecule has 2 heterocycles. The van der Waals surface area contributed by atoms with Crippen molar-refractivity contribution in [3.05, 3.63) is 78.6 Å². The van der Waals surface area contributed by atoms with Gasteiger partial charge in [0.05, 0.1) is 5.56 Å². The van der Waals surface area contributed by atoms with Gasteiger partial charge < -0.3 is 25.3 Å². The molecule has 166 valence electrons. The first-order chi connectivity index (χ1) is 15.6. The molecule has 4 rings (SSSR count). The molecule has 0 bridgehead atoms. The average Bonchev–Trinajstić information content (AvgIpc) is 3.31. The quantitative estimate of drug-likeness (QED) is 0.597. The molecule has 1 fully saturated rings. The molecule has 8 nitrogen and oxygen atoms in total. The molecule has 0 radical (unpaired) electrons. The van der Waals surface area contributed by atoms with Crippen molar-refractivity contribution in [1.82, 2.24) is 14.8 Å². The van der Waals surface area contributed by atoms with Gasteiger partial charge in [0.15, 0.2) is 0 Å². The summed E-state index contributed by atoms with van der Waals surface area (Å²) in [7, 11) is 0. The maximum Gasteiger partial charge on any atom is 0.412 e. The van der Waals surface area contributed by atoms with Gasteiger partial charge in [-0.25, -0.2) is 4.79 Å². The molecular weight excluding hydrogens is 406 g/mol. The van der Waals surface area contributed by atoms with Crippen LogP contribution in [0.15, 0.2) is 73.1 Å². The van der Waals surface area contributed by atoms with E-state index in [1.807, 2.05) is 12.1 Å². The number of primary amides is 1. The third-order valence-corrected chi connectivity index (χ3v) is 5.49. The summed E-state index contributed by atoms with van der Waals surface area (Å²) >= 11 is 0. The van der Waals surface area contributed by atoms with Crippen molar-refractivity contribution in [1.29, 1.82) is 0 Å². The van der Waals surface area contributed by atoms with Gasteiger partial charge in [-0.05, 0) is 30.3 Å². The van der Waals surface area contributed by atoms with Crippen molar-refractivity contribution in [3.63, 3.8) is 0 Å². The highest BCUT2D eigenvalue weighted by atomic mass is 16.6. The number of hydrogen-bond donors (Lipinski definition) is 2. The van der Waals surface area contributed by atoms with E-state index in [0.29, 0.717) is 17.9 Å². The fraction of sp³-hybridized carbons (Fsp3) is 0.250. The molecule has 1 aliphatic heterocycles. The van der Waals surface area contributed by atoms with Crippen molar-refractivity contribution in [2.45, 2.75) is 0 Å². The van der Waals surface area contributed by atoms with E-state index in [2.05, 4.69) is 39.4 Å². The number of nitrogens with one attached hydrogen (secondary N) is 1. The molecule has 1 aromatic heterocycles. The fourth-order valence-electron chi connectivity index (χ4n) is 3.74. The molecule has 0 aliphatic carbocycles. The average molecular weight is 434 g/mol. The summed E-state index contributed by atoms with van der Waals surface area (Å²) in [4.78, 5) is 28.2. The number of piperazine rings is 1. The highest BCUT2D eigenvalue weighted by Gasteiger charge is 2.17. The van der Waals surface area contributed by atoms with E-state index in [1.54, 1.807) is 41.2 Å². The lowest BCUT2D eigenvalue weighted by molar-refractivity contribution is 0.100. The zero-order valence-corrected chi connectivity index (χ0v) is 17.8. The van der Waals surface area contributed by atoms with Crippen LogP contribution in [0.25, 0.3) is 5.69 Å². The molecule has 1 aliphatic rings. The van der Waals surface area contributed by atoms with Crippen molar-refractivity contribution in [2.75, 3.05) is 44.2 Å². The van der Waals surface area contributed by atoms with Gasteiger partial charge in [-0.3, -0.25) is 9.69 Å². The van der Waals surface area contributed by atoms with Crippen LogP contribution in [0.3, 0.4) is 0 Å². The lowest BCUT2D eigenvalue weighted by atomic mass is 10.2. The fourth-order valence-corrected chi connectivity index (χ4v) is 3.74.